The molecule has 0 saturated carbocycles. The summed E-state index contributed by atoms with van der Waals surface area (Å²) in [6, 6.07) is 5.08. The number of rotatable bonds is 5. The molecule has 0 aromatic heterocycles. The van der Waals surface area contributed by atoms with Crippen molar-refractivity contribution >= 4 is 29.3 Å². The summed E-state index contributed by atoms with van der Waals surface area (Å²) in [5.41, 5.74) is 0.633. The van der Waals surface area contributed by atoms with E-state index in [0.29, 0.717) is 29.5 Å². The van der Waals surface area contributed by atoms with Gasteiger partial charge < -0.3 is 14.8 Å². The van der Waals surface area contributed by atoms with Gasteiger partial charge in [0.25, 0.3) is 0 Å². The van der Waals surface area contributed by atoms with Crippen LogP contribution in [0.3, 0.4) is 0 Å². The molecule has 1 unspecified atom stereocenters. The van der Waals surface area contributed by atoms with E-state index >= 15 is 0 Å². The molecule has 120 valence electrons. The van der Waals surface area contributed by atoms with E-state index in [1.54, 1.807) is 18.2 Å². The predicted molar refractivity (Wildman–Crippen MR) is 83.5 cm³/mol. The Morgan fingerprint density at radius 3 is 2.86 bits per heavy atom. The molecule has 6 nitrogen and oxygen atoms in total. The fourth-order valence-electron chi connectivity index (χ4n) is 2.08. The highest BCUT2D eigenvalue weighted by atomic mass is 35.5. The predicted octanol–water partition coefficient (Wildman–Crippen LogP) is 2.45. The molecule has 0 aliphatic carbocycles. The summed E-state index contributed by atoms with van der Waals surface area (Å²) in [5, 5.41) is 3.18. The SMILES string of the molecule is COc1ccc(N2CC(CNC(=O)C(C)C)OC2=O)cc1Cl. The molecule has 1 atom stereocenters. The zero-order chi connectivity index (χ0) is 16.3. The van der Waals surface area contributed by atoms with Crippen molar-refractivity contribution in [1.82, 2.24) is 5.32 Å². The highest BCUT2D eigenvalue weighted by Crippen LogP contribution is 2.31. The van der Waals surface area contributed by atoms with E-state index in [0.717, 1.165) is 0 Å². The van der Waals surface area contributed by atoms with Crippen LogP contribution in [0.5, 0.6) is 5.75 Å². The van der Waals surface area contributed by atoms with Crippen LogP contribution < -0.4 is 15.0 Å². The molecule has 0 radical (unpaired) electrons. The highest BCUT2D eigenvalue weighted by Gasteiger charge is 2.32. The largest absolute Gasteiger partial charge is 0.495 e. The van der Waals surface area contributed by atoms with Crippen LogP contribution in [-0.2, 0) is 9.53 Å². The summed E-state index contributed by atoms with van der Waals surface area (Å²) in [5.74, 6) is 0.370. The van der Waals surface area contributed by atoms with E-state index in [1.807, 2.05) is 13.8 Å². The number of benzene rings is 1. The van der Waals surface area contributed by atoms with Gasteiger partial charge in [-0.25, -0.2) is 4.79 Å². The Bertz CT molecular complexity index is 577. The first kappa shape index (κ1) is 16.4. The molecule has 1 aliphatic heterocycles. The Morgan fingerprint density at radius 1 is 1.55 bits per heavy atom. The molecule has 1 aliphatic rings. The standard InChI is InChI=1S/C15H19ClN2O4/c1-9(2)14(19)17-7-11-8-18(15(20)22-11)10-4-5-13(21-3)12(16)6-10/h4-6,9,11H,7-8H2,1-3H3,(H,17,19). The maximum absolute atomic E-state index is 11.9. The molecule has 2 amide bonds. The van der Waals surface area contributed by atoms with Crippen LogP contribution >= 0.6 is 11.6 Å². The number of hydrogen-bond donors (Lipinski definition) is 1. The summed E-state index contributed by atoms with van der Waals surface area (Å²) in [6.45, 7) is 4.27. The van der Waals surface area contributed by atoms with Gasteiger partial charge in [0, 0.05) is 11.6 Å². The van der Waals surface area contributed by atoms with Crippen molar-refractivity contribution in [2.24, 2.45) is 5.92 Å². The number of nitrogens with one attached hydrogen (secondary N) is 1. The van der Waals surface area contributed by atoms with Crippen molar-refractivity contribution in [3.8, 4) is 5.75 Å². The number of anilines is 1. The zero-order valence-electron chi connectivity index (χ0n) is 12.8. The molecule has 1 aromatic carbocycles. The van der Waals surface area contributed by atoms with Crippen LogP contribution in [0.25, 0.3) is 0 Å². The Hall–Kier alpha value is -1.95. The third kappa shape index (κ3) is 3.62. The summed E-state index contributed by atoms with van der Waals surface area (Å²) in [4.78, 5) is 25.0. The summed E-state index contributed by atoms with van der Waals surface area (Å²) in [7, 11) is 1.53. The number of carbonyl (C=O) groups is 2. The van der Waals surface area contributed by atoms with Crippen LogP contribution in [0.2, 0.25) is 5.02 Å². The second-order valence-corrected chi connectivity index (χ2v) is 5.74. The van der Waals surface area contributed by atoms with Crippen molar-refractivity contribution in [3.63, 3.8) is 0 Å². The van der Waals surface area contributed by atoms with E-state index in [4.69, 9.17) is 21.1 Å². The van der Waals surface area contributed by atoms with Crippen molar-refractivity contribution in [1.29, 1.82) is 0 Å². The van der Waals surface area contributed by atoms with Gasteiger partial charge in [-0.3, -0.25) is 9.69 Å². The molecule has 2 rings (SSSR count). The number of halogens is 1. The Kier molecular flexibility index (Phi) is 5.13. The molecule has 7 heteroatoms. The zero-order valence-corrected chi connectivity index (χ0v) is 13.5. The Balaban J connectivity index is 2.00. The molecule has 0 bridgehead atoms. The van der Waals surface area contributed by atoms with Crippen LogP contribution in [0.15, 0.2) is 18.2 Å². The third-order valence-corrected chi connectivity index (χ3v) is 3.64. The third-order valence-electron chi connectivity index (χ3n) is 3.35. The van der Waals surface area contributed by atoms with Gasteiger partial charge >= 0.3 is 6.09 Å². The van der Waals surface area contributed by atoms with Crippen molar-refractivity contribution < 1.29 is 19.1 Å². The van der Waals surface area contributed by atoms with Crippen LogP contribution in [0.1, 0.15) is 13.8 Å². The number of hydrogen-bond acceptors (Lipinski definition) is 4. The maximum atomic E-state index is 11.9. The van der Waals surface area contributed by atoms with Crippen LogP contribution in [0, 0.1) is 5.92 Å². The maximum Gasteiger partial charge on any atom is 0.414 e. The van der Waals surface area contributed by atoms with E-state index < -0.39 is 6.09 Å². The molecule has 1 aromatic rings. The van der Waals surface area contributed by atoms with Crippen molar-refractivity contribution in [2.45, 2.75) is 20.0 Å². The van der Waals surface area contributed by atoms with Gasteiger partial charge in [0.15, 0.2) is 0 Å². The van der Waals surface area contributed by atoms with Gasteiger partial charge in [0.05, 0.1) is 25.2 Å². The number of carbonyl (C=O) groups excluding carboxylic acids is 2. The highest BCUT2D eigenvalue weighted by molar-refractivity contribution is 6.32. The molecular formula is C15H19ClN2O4. The second-order valence-electron chi connectivity index (χ2n) is 5.34. The van der Waals surface area contributed by atoms with Gasteiger partial charge in [0.2, 0.25) is 5.91 Å². The average Bonchev–Trinajstić information content (AvgIpc) is 2.85. The number of ether oxygens (including phenoxy) is 2. The summed E-state index contributed by atoms with van der Waals surface area (Å²) in [6.07, 6.45) is -0.832. The second kappa shape index (κ2) is 6.87. The lowest BCUT2D eigenvalue weighted by atomic mass is 10.2. The summed E-state index contributed by atoms with van der Waals surface area (Å²) >= 11 is 6.07. The molecule has 1 N–H and O–H groups in total. The quantitative estimate of drug-likeness (QED) is 0.902. The first-order chi connectivity index (χ1) is 10.4. The molecule has 0 spiro atoms. The lowest BCUT2D eigenvalue weighted by molar-refractivity contribution is -0.124. The molecule has 1 heterocycles. The van der Waals surface area contributed by atoms with Crippen LogP contribution in [-0.4, -0.2) is 38.3 Å². The normalized spacial score (nSPS) is 17.6. The fraction of sp³-hybridized carbons (Fsp3) is 0.467. The average molecular weight is 327 g/mol. The van der Waals surface area contributed by atoms with Gasteiger partial charge in [-0.1, -0.05) is 25.4 Å². The minimum absolute atomic E-state index is 0.0676. The minimum Gasteiger partial charge on any atom is -0.495 e. The lowest BCUT2D eigenvalue weighted by Gasteiger charge is -2.14. The number of nitrogens with zero attached hydrogens (tertiary/aromatic N) is 1. The van der Waals surface area contributed by atoms with Gasteiger partial charge in [-0.15, -0.1) is 0 Å². The monoisotopic (exact) mass is 326 g/mol. The minimum atomic E-state index is -0.454. The number of methoxy groups -OCH3 is 1. The van der Waals surface area contributed by atoms with E-state index in [-0.39, 0.29) is 17.9 Å². The van der Waals surface area contributed by atoms with E-state index in [1.165, 1.54) is 12.0 Å². The van der Waals surface area contributed by atoms with Gasteiger partial charge in [0.1, 0.15) is 11.9 Å². The van der Waals surface area contributed by atoms with Crippen LogP contribution in [0.4, 0.5) is 10.5 Å². The van der Waals surface area contributed by atoms with E-state index in [9.17, 15) is 9.59 Å². The summed E-state index contributed by atoms with van der Waals surface area (Å²) < 4.78 is 10.3. The molecule has 1 fully saturated rings. The Morgan fingerprint density at radius 2 is 2.27 bits per heavy atom. The topological polar surface area (TPSA) is 67.9 Å². The van der Waals surface area contributed by atoms with Crippen molar-refractivity contribution in [2.75, 3.05) is 25.1 Å². The first-order valence-corrected chi connectivity index (χ1v) is 7.39. The smallest absolute Gasteiger partial charge is 0.414 e. The van der Waals surface area contributed by atoms with Crippen molar-refractivity contribution in [3.05, 3.63) is 23.2 Å². The Labute approximate surface area is 134 Å². The molecular weight excluding hydrogens is 308 g/mol. The number of cyclic esters (lactones) is 1. The molecule has 1 saturated heterocycles. The fourth-order valence-corrected chi connectivity index (χ4v) is 2.33. The molecule has 22 heavy (non-hydrogen) atoms. The first-order valence-electron chi connectivity index (χ1n) is 7.01. The lowest BCUT2D eigenvalue weighted by Crippen LogP contribution is -2.36. The number of amides is 2. The van der Waals surface area contributed by atoms with E-state index in [2.05, 4.69) is 5.32 Å². The van der Waals surface area contributed by atoms with Gasteiger partial charge in [-0.2, -0.15) is 0 Å². The van der Waals surface area contributed by atoms with Gasteiger partial charge in [-0.05, 0) is 18.2 Å².